The van der Waals surface area contributed by atoms with Gasteiger partial charge in [-0.25, -0.2) is 0 Å². The lowest BCUT2D eigenvalue weighted by Crippen LogP contribution is -2.34. The molecule has 0 spiro atoms. The van der Waals surface area contributed by atoms with Crippen LogP contribution in [0.2, 0.25) is 0 Å². The van der Waals surface area contributed by atoms with Crippen molar-refractivity contribution in [1.29, 1.82) is 0 Å². The van der Waals surface area contributed by atoms with E-state index in [0.717, 1.165) is 4.88 Å². The van der Waals surface area contributed by atoms with Gasteiger partial charge in [-0.15, -0.1) is 11.3 Å². The zero-order chi connectivity index (χ0) is 14.0. The van der Waals surface area contributed by atoms with Gasteiger partial charge in [-0.2, -0.15) is 18.3 Å². The SMILES string of the molecule is Cn1nc(-c2cccs2)cc1C(=O)NCC(F)(F)F. The number of thiophene rings is 1. The Hall–Kier alpha value is -1.83. The number of amides is 1. The number of aromatic nitrogens is 2. The summed E-state index contributed by atoms with van der Waals surface area (Å²) in [5.41, 5.74) is 0.655. The number of nitrogens with zero attached hydrogens (tertiary/aromatic N) is 2. The molecule has 0 unspecified atom stereocenters. The molecular weight excluding hydrogens is 279 g/mol. The fraction of sp³-hybridized carbons (Fsp3) is 0.273. The van der Waals surface area contributed by atoms with E-state index in [4.69, 9.17) is 0 Å². The highest BCUT2D eigenvalue weighted by atomic mass is 32.1. The lowest BCUT2D eigenvalue weighted by Gasteiger charge is -2.07. The smallest absolute Gasteiger partial charge is 0.342 e. The van der Waals surface area contributed by atoms with Crippen molar-refractivity contribution < 1.29 is 18.0 Å². The zero-order valence-corrected chi connectivity index (χ0v) is 10.7. The maximum atomic E-state index is 12.0. The van der Waals surface area contributed by atoms with E-state index in [0.29, 0.717) is 5.69 Å². The summed E-state index contributed by atoms with van der Waals surface area (Å²) in [6.45, 7) is -1.36. The predicted octanol–water partition coefficient (Wildman–Crippen LogP) is 2.44. The van der Waals surface area contributed by atoms with Gasteiger partial charge in [0.25, 0.3) is 5.91 Å². The topological polar surface area (TPSA) is 46.9 Å². The van der Waals surface area contributed by atoms with E-state index < -0.39 is 18.6 Å². The van der Waals surface area contributed by atoms with Crippen LogP contribution in [0.5, 0.6) is 0 Å². The second kappa shape index (κ2) is 5.04. The molecule has 102 valence electrons. The molecule has 0 aliphatic carbocycles. The zero-order valence-electron chi connectivity index (χ0n) is 9.86. The summed E-state index contributed by atoms with van der Waals surface area (Å²) in [7, 11) is 1.51. The van der Waals surface area contributed by atoms with Crippen molar-refractivity contribution in [3.63, 3.8) is 0 Å². The van der Waals surface area contributed by atoms with Crippen LogP contribution in [0.3, 0.4) is 0 Å². The number of rotatable bonds is 3. The molecule has 2 aromatic rings. The second-order valence-electron chi connectivity index (χ2n) is 3.81. The molecule has 2 heterocycles. The molecular formula is C11H10F3N3OS. The Labute approximate surface area is 110 Å². The minimum atomic E-state index is -4.43. The van der Waals surface area contributed by atoms with E-state index >= 15 is 0 Å². The lowest BCUT2D eigenvalue weighted by atomic mass is 10.3. The van der Waals surface area contributed by atoms with Crippen LogP contribution in [-0.2, 0) is 7.05 Å². The molecule has 1 N–H and O–H groups in total. The molecule has 0 aromatic carbocycles. The summed E-state index contributed by atoms with van der Waals surface area (Å²) in [6, 6.07) is 5.13. The van der Waals surface area contributed by atoms with Crippen LogP contribution in [0.15, 0.2) is 23.6 Å². The molecule has 1 amide bonds. The number of hydrogen-bond acceptors (Lipinski definition) is 3. The third-order valence-electron chi connectivity index (χ3n) is 2.34. The first-order valence-electron chi connectivity index (χ1n) is 5.30. The molecule has 0 radical (unpaired) electrons. The van der Waals surface area contributed by atoms with Crippen LogP contribution in [0.1, 0.15) is 10.5 Å². The number of hydrogen-bond donors (Lipinski definition) is 1. The van der Waals surface area contributed by atoms with Gasteiger partial charge in [0.1, 0.15) is 17.9 Å². The molecule has 19 heavy (non-hydrogen) atoms. The maximum absolute atomic E-state index is 12.0. The van der Waals surface area contributed by atoms with Crippen LogP contribution in [0.4, 0.5) is 13.2 Å². The van der Waals surface area contributed by atoms with Crippen LogP contribution >= 0.6 is 11.3 Å². The fourth-order valence-corrected chi connectivity index (χ4v) is 2.18. The summed E-state index contributed by atoms with van der Waals surface area (Å²) >= 11 is 1.44. The van der Waals surface area contributed by atoms with Gasteiger partial charge in [0.05, 0.1) is 4.88 Å². The van der Waals surface area contributed by atoms with Crippen molar-refractivity contribution >= 4 is 17.2 Å². The molecule has 8 heteroatoms. The number of alkyl halides is 3. The molecule has 0 atom stereocenters. The third-order valence-corrected chi connectivity index (χ3v) is 3.23. The first-order valence-corrected chi connectivity index (χ1v) is 6.17. The highest BCUT2D eigenvalue weighted by molar-refractivity contribution is 7.13. The molecule has 0 fully saturated rings. The summed E-state index contributed by atoms with van der Waals surface area (Å²) in [4.78, 5) is 12.5. The minimum Gasteiger partial charge on any atom is -0.342 e. The molecule has 4 nitrogen and oxygen atoms in total. The van der Waals surface area contributed by atoms with Gasteiger partial charge in [0.2, 0.25) is 0 Å². The average molecular weight is 289 g/mol. The summed E-state index contributed by atoms with van der Waals surface area (Å²) in [5.74, 6) is -0.796. The van der Waals surface area contributed by atoms with E-state index in [2.05, 4.69) is 5.10 Å². The molecule has 0 bridgehead atoms. The highest BCUT2D eigenvalue weighted by Crippen LogP contribution is 2.23. The van der Waals surface area contributed by atoms with Crippen molar-refractivity contribution in [2.45, 2.75) is 6.18 Å². The average Bonchev–Trinajstić information content (AvgIpc) is 2.93. The Morgan fingerprint density at radius 3 is 2.84 bits per heavy atom. The standard InChI is InChI=1S/C11H10F3N3OS/c1-17-8(10(18)15-6-11(12,13)14)5-7(16-17)9-3-2-4-19-9/h2-5H,6H2,1H3,(H,15,18). The molecule has 0 saturated carbocycles. The largest absolute Gasteiger partial charge is 0.405 e. The van der Waals surface area contributed by atoms with E-state index in [9.17, 15) is 18.0 Å². The lowest BCUT2D eigenvalue weighted by molar-refractivity contribution is -0.123. The molecule has 0 aliphatic rings. The Balaban J connectivity index is 2.15. The van der Waals surface area contributed by atoms with Crippen molar-refractivity contribution in [3.8, 4) is 10.6 Å². The molecule has 2 rings (SSSR count). The van der Waals surface area contributed by atoms with E-state index in [1.54, 1.807) is 0 Å². The van der Waals surface area contributed by atoms with Gasteiger partial charge < -0.3 is 5.32 Å². The number of carbonyl (C=O) groups is 1. The molecule has 2 aromatic heterocycles. The predicted molar refractivity (Wildman–Crippen MR) is 64.9 cm³/mol. The number of halogens is 3. The molecule has 0 saturated heterocycles. The van der Waals surface area contributed by atoms with Gasteiger partial charge in [0, 0.05) is 7.05 Å². The van der Waals surface area contributed by atoms with Crippen LogP contribution in [0, 0.1) is 0 Å². The Kier molecular flexibility index (Phi) is 3.61. The van der Waals surface area contributed by atoms with Crippen LogP contribution in [-0.4, -0.2) is 28.4 Å². The number of nitrogens with one attached hydrogen (secondary N) is 1. The second-order valence-corrected chi connectivity index (χ2v) is 4.76. The first kappa shape index (κ1) is 13.6. The Morgan fingerprint density at radius 1 is 1.53 bits per heavy atom. The van der Waals surface area contributed by atoms with Crippen LogP contribution < -0.4 is 5.32 Å². The van der Waals surface area contributed by atoms with Gasteiger partial charge >= 0.3 is 6.18 Å². The number of carbonyl (C=O) groups excluding carboxylic acids is 1. The minimum absolute atomic E-state index is 0.0904. The van der Waals surface area contributed by atoms with Crippen LogP contribution in [0.25, 0.3) is 10.6 Å². The summed E-state index contributed by atoms with van der Waals surface area (Å²) < 4.78 is 37.3. The summed E-state index contributed by atoms with van der Waals surface area (Å²) in [5, 5.41) is 7.78. The van der Waals surface area contributed by atoms with E-state index in [1.807, 2.05) is 22.8 Å². The monoisotopic (exact) mass is 289 g/mol. The highest BCUT2D eigenvalue weighted by Gasteiger charge is 2.28. The van der Waals surface area contributed by atoms with Crippen molar-refractivity contribution in [2.75, 3.05) is 6.54 Å². The normalized spacial score (nSPS) is 11.6. The third kappa shape index (κ3) is 3.34. The van der Waals surface area contributed by atoms with Gasteiger partial charge in [-0.1, -0.05) is 6.07 Å². The fourth-order valence-electron chi connectivity index (χ4n) is 1.50. The maximum Gasteiger partial charge on any atom is 0.405 e. The van der Waals surface area contributed by atoms with Crippen molar-refractivity contribution in [1.82, 2.24) is 15.1 Å². The Bertz CT molecular complexity index is 575. The first-order chi connectivity index (χ1) is 8.87. The van der Waals surface area contributed by atoms with E-state index in [-0.39, 0.29) is 5.69 Å². The van der Waals surface area contributed by atoms with Crippen molar-refractivity contribution in [3.05, 3.63) is 29.3 Å². The summed E-state index contributed by atoms with van der Waals surface area (Å²) in [6.07, 6.45) is -4.43. The van der Waals surface area contributed by atoms with E-state index in [1.165, 1.54) is 29.1 Å². The van der Waals surface area contributed by atoms with Gasteiger partial charge in [-0.05, 0) is 17.5 Å². The number of aryl methyl sites for hydroxylation is 1. The van der Waals surface area contributed by atoms with Gasteiger partial charge in [-0.3, -0.25) is 9.48 Å². The Morgan fingerprint density at radius 2 is 2.26 bits per heavy atom. The van der Waals surface area contributed by atoms with Crippen molar-refractivity contribution in [2.24, 2.45) is 7.05 Å². The quantitative estimate of drug-likeness (QED) is 0.943. The van der Waals surface area contributed by atoms with Gasteiger partial charge in [0.15, 0.2) is 0 Å². The molecule has 0 aliphatic heterocycles.